The first-order valence-electron chi connectivity index (χ1n) is 4.27. The summed E-state index contributed by atoms with van der Waals surface area (Å²) in [4.78, 5) is 0. The van der Waals surface area contributed by atoms with Gasteiger partial charge in [0, 0.05) is 12.1 Å². The quantitative estimate of drug-likeness (QED) is 0.517. The van der Waals surface area contributed by atoms with Crippen molar-refractivity contribution in [2.75, 3.05) is 0 Å². The lowest BCUT2D eigenvalue weighted by Crippen LogP contribution is -2.38. The van der Waals surface area contributed by atoms with E-state index in [2.05, 4.69) is 19.2 Å². The van der Waals surface area contributed by atoms with Gasteiger partial charge in [0.2, 0.25) is 7.85 Å². The van der Waals surface area contributed by atoms with E-state index >= 15 is 0 Å². The minimum Gasteiger partial charge on any atom is -0.312 e. The summed E-state index contributed by atoms with van der Waals surface area (Å²) in [7, 11) is 1.43. The molecule has 1 saturated heterocycles. The van der Waals surface area contributed by atoms with Crippen LogP contribution in [-0.2, 0) is 0 Å². The zero-order valence-corrected chi connectivity index (χ0v) is 7.72. The summed E-state index contributed by atoms with van der Waals surface area (Å²) in [6.07, 6.45) is 4.14. The lowest BCUT2D eigenvalue weighted by molar-refractivity contribution is 0.352. The van der Waals surface area contributed by atoms with Gasteiger partial charge in [-0.05, 0) is 32.7 Å². The van der Waals surface area contributed by atoms with Gasteiger partial charge in [0.05, 0.1) is 0 Å². The van der Waals surface area contributed by atoms with Gasteiger partial charge < -0.3 is 5.32 Å². The molecule has 3 heteroatoms. The van der Waals surface area contributed by atoms with Crippen LogP contribution in [-0.4, -0.2) is 19.9 Å². The van der Waals surface area contributed by atoms with Crippen LogP contribution in [0.2, 0.25) is 0 Å². The van der Waals surface area contributed by atoms with E-state index in [4.69, 9.17) is 5.26 Å². The Hall–Kier alpha value is -0.485. The molecule has 1 heterocycles. The molecule has 2 atom stereocenters. The normalized spacial score (nSPS) is 29.5. The van der Waals surface area contributed by atoms with Gasteiger partial charge >= 0.3 is 0 Å². The van der Waals surface area contributed by atoms with Crippen LogP contribution < -0.4 is 5.32 Å². The molecule has 11 heavy (non-hydrogen) atoms. The van der Waals surface area contributed by atoms with Gasteiger partial charge in [-0.1, -0.05) is 6.42 Å². The smallest absolute Gasteiger partial charge is 0.232 e. The maximum absolute atomic E-state index is 7.32. The first kappa shape index (κ1) is 10.5. The maximum Gasteiger partial charge on any atom is 0.232 e. The molecule has 1 aliphatic heterocycles. The third kappa shape index (κ3) is 5.94. The highest BCUT2D eigenvalue weighted by Gasteiger charge is 2.11. The zero-order chi connectivity index (χ0) is 8.69. The Morgan fingerprint density at radius 1 is 1.36 bits per heavy atom. The third-order valence-corrected chi connectivity index (χ3v) is 1.84. The molecule has 1 aliphatic rings. The van der Waals surface area contributed by atoms with Crippen LogP contribution in [0.15, 0.2) is 0 Å². The summed E-state index contributed by atoms with van der Waals surface area (Å²) < 4.78 is 0. The molecule has 1 fully saturated rings. The van der Waals surface area contributed by atoms with Crippen LogP contribution >= 0.6 is 0 Å². The number of nitrogens with zero attached hydrogens (tertiary/aromatic N) is 1. The number of hydrogen-bond donors (Lipinski definition) is 1. The molecular formula is C8H17BN2. The average Bonchev–Trinajstić information content (AvgIpc) is 1.88. The predicted octanol–water partition coefficient (Wildman–Crippen LogP) is 0.637. The van der Waals surface area contributed by atoms with Crippen molar-refractivity contribution in [2.45, 2.75) is 45.2 Å². The highest BCUT2D eigenvalue weighted by atomic mass is 14.9. The van der Waals surface area contributed by atoms with Crippen LogP contribution in [0.4, 0.5) is 0 Å². The molecule has 0 aromatic rings. The number of hydrogen-bond acceptors (Lipinski definition) is 2. The van der Waals surface area contributed by atoms with E-state index in [-0.39, 0.29) is 0 Å². The van der Waals surface area contributed by atoms with E-state index in [1.807, 2.05) is 0 Å². The average molecular weight is 152 g/mol. The number of piperidine rings is 1. The number of nitrogens with one attached hydrogen (secondary N) is 1. The van der Waals surface area contributed by atoms with Gasteiger partial charge in [-0.15, -0.1) is 0 Å². The molecule has 0 amide bonds. The Balaban J connectivity index is 0.000000292. The van der Waals surface area contributed by atoms with Crippen molar-refractivity contribution in [1.82, 2.24) is 5.32 Å². The SMILES string of the molecule is BC#N.CC1CCCC(C)N1. The Bertz CT molecular complexity index is 123. The Kier molecular flexibility index (Phi) is 5.96. The summed E-state index contributed by atoms with van der Waals surface area (Å²) in [6.45, 7) is 4.52. The molecule has 0 radical (unpaired) electrons. The topological polar surface area (TPSA) is 35.8 Å². The standard InChI is InChI=1S/C7H15N.CH2BN/c1-6-4-3-5-7(2)8-6;2-1-3/h6-8H,3-5H2,1-2H3;2H2. The van der Waals surface area contributed by atoms with Crippen molar-refractivity contribution in [3.63, 3.8) is 0 Å². The van der Waals surface area contributed by atoms with Crippen molar-refractivity contribution in [1.29, 1.82) is 5.26 Å². The first-order valence-corrected chi connectivity index (χ1v) is 4.27. The summed E-state index contributed by atoms with van der Waals surface area (Å²) in [5.41, 5.74) is 0. The monoisotopic (exact) mass is 152 g/mol. The summed E-state index contributed by atoms with van der Waals surface area (Å²) in [5, 5.41) is 10.8. The molecule has 62 valence electrons. The fraction of sp³-hybridized carbons (Fsp3) is 0.875. The van der Waals surface area contributed by atoms with Gasteiger partial charge in [0.1, 0.15) is 0 Å². The van der Waals surface area contributed by atoms with Crippen LogP contribution in [0.5, 0.6) is 0 Å². The van der Waals surface area contributed by atoms with Gasteiger partial charge in [-0.25, -0.2) is 5.26 Å². The van der Waals surface area contributed by atoms with Crippen LogP contribution in [0.25, 0.3) is 0 Å². The fourth-order valence-electron chi connectivity index (χ4n) is 1.38. The minimum atomic E-state index is 0.763. The van der Waals surface area contributed by atoms with Crippen molar-refractivity contribution in [3.05, 3.63) is 0 Å². The molecule has 1 N–H and O–H groups in total. The van der Waals surface area contributed by atoms with Gasteiger partial charge in [0.15, 0.2) is 0 Å². The molecule has 2 unspecified atom stereocenters. The van der Waals surface area contributed by atoms with Gasteiger partial charge in [0.25, 0.3) is 0 Å². The molecular weight excluding hydrogens is 135 g/mol. The van der Waals surface area contributed by atoms with Crippen molar-refractivity contribution < 1.29 is 0 Å². The Morgan fingerprint density at radius 2 is 1.73 bits per heavy atom. The van der Waals surface area contributed by atoms with Crippen molar-refractivity contribution in [2.24, 2.45) is 0 Å². The maximum atomic E-state index is 7.32. The van der Waals surface area contributed by atoms with Gasteiger partial charge in [-0.3, -0.25) is 0 Å². The lowest BCUT2D eigenvalue weighted by Gasteiger charge is -2.25. The third-order valence-electron chi connectivity index (χ3n) is 1.84. The molecule has 0 aromatic heterocycles. The fourth-order valence-corrected chi connectivity index (χ4v) is 1.38. The Labute approximate surface area is 70.4 Å². The molecule has 0 saturated carbocycles. The molecule has 2 nitrogen and oxygen atoms in total. The van der Waals surface area contributed by atoms with E-state index < -0.39 is 0 Å². The minimum absolute atomic E-state index is 0.763. The molecule has 0 spiro atoms. The Morgan fingerprint density at radius 3 is 1.91 bits per heavy atom. The zero-order valence-electron chi connectivity index (χ0n) is 7.72. The van der Waals surface area contributed by atoms with E-state index in [9.17, 15) is 0 Å². The largest absolute Gasteiger partial charge is 0.312 e. The van der Waals surface area contributed by atoms with E-state index in [0.29, 0.717) is 0 Å². The molecule has 0 aliphatic carbocycles. The summed E-state index contributed by atoms with van der Waals surface area (Å²) in [6, 6.07) is 1.53. The predicted molar refractivity (Wildman–Crippen MR) is 50.1 cm³/mol. The van der Waals surface area contributed by atoms with Crippen LogP contribution in [0.3, 0.4) is 0 Å². The highest BCUT2D eigenvalue weighted by molar-refractivity contribution is 6.20. The van der Waals surface area contributed by atoms with Crippen molar-refractivity contribution >= 4 is 7.85 Å². The molecule has 1 rings (SSSR count). The van der Waals surface area contributed by atoms with E-state index in [1.54, 1.807) is 5.97 Å². The lowest BCUT2D eigenvalue weighted by atomic mass is 10.0. The number of rotatable bonds is 0. The molecule has 0 aromatic carbocycles. The second-order valence-electron chi connectivity index (χ2n) is 3.12. The number of nitriles is 1. The summed E-state index contributed by atoms with van der Waals surface area (Å²) >= 11 is 0. The molecule has 0 bridgehead atoms. The van der Waals surface area contributed by atoms with E-state index in [0.717, 1.165) is 12.1 Å². The summed E-state index contributed by atoms with van der Waals surface area (Å²) in [5.74, 6) is 1.75. The van der Waals surface area contributed by atoms with Crippen LogP contribution in [0.1, 0.15) is 33.1 Å². The van der Waals surface area contributed by atoms with Gasteiger partial charge in [-0.2, -0.15) is 0 Å². The first-order chi connectivity index (χ1) is 5.20. The second kappa shape index (κ2) is 6.24. The van der Waals surface area contributed by atoms with E-state index in [1.165, 1.54) is 27.1 Å². The van der Waals surface area contributed by atoms with Crippen molar-refractivity contribution in [3.8, 4) is 5.97 Å². The second-order valence-corrected chi connectivity index (χ2v) is 3.12. The van der Waals surface area contributed by atoms with Crippen LogP contribution in [0, 0.1) is 11.2 Å². The highest BCUT2D eigenvalue weighted by Crippen LogP contribution is 2.10.